The van der Waals surface area contributed by atoms with Crippen LogP contribution in [0.5, 0.6) is 0 Å². The number of nitrogens with two attached hydrogens (primary N) is 1. The van der Waals surface area contributed by atoms with Gasteiger partial charge in [-0.25, -0.2) is 0 Å². The summed E-state index contributed by atoms with van der Waals surface area (Å²) in [5.74, 6) is 0.817. The number of benzene rings is 1. The van der Waals surface area contributed by atoms with Crippen LogP contribution in [-0.4, -0.2) is 17.9 Å². The summed E-state index contributed by atoms with van der Waals surface area (Å²) in [7, 11) is 0. The van der Waals surface area contributed by atoms with Crippen molar-refractivity contribution in [2.24, 2.45) is 0 Å². The van der Waals surface area contributed by atoms with Crippen LogP contribution < -0.4 is 11.1 Å². The highest BCUT2D eigenvalue weighted by atomic mass is 79.9. The predicted octanol–water partition coefficient (Wildman–Crippen LogP) is 3.03. The minimum Gasteiger partial charge on any atom is -0.397 e. The van der Waals surface area contributed by atoms with Gasteiger partial charge >= 0.3 is 0 Å². The lowest BCUT2D eigenvalue weighted by Crippen LogP contribution is -2.13. The Hall–Kier alpha value is -0.680. The molecule has 3 N–H and O–H groups in total. The van der Waals surface area contributed by atoms with Crippen molar-refractivity contribution in [3.05, 3.63) is 22.2 Å². The van der Waals surface area contributed by atoms with E-state index < -0.39 is 0 Å². The average Bonchev–Trinajstić information content (AvgIpc) is 2.22. The van der Waals surface area contributed by atoms with Crippen molar-refractivity contribution in [2.45, 2.75) is 13.3 Å². The van der Waals surface area contributed by atoms with Crippen molar-refractivity contribution < 1.29 is 4.79 Å². The fraction of sp³-hybridized carbons (Fsp3) is 0.364. The molecular formula is C11H15BrN2OS. The first-order valence-electron chi connectivity index (χ1n) is 4.89. The summed E-state index contributed by atoms with van der Waals surface area (Å²) in [4.78, 5) is 11.6. The Labute approximate surface area is 108 Å². The SMILES string of the molecule is CSCCC(=O)Nc1cc(Br)cc(C)c1N. The van der Waals surface area contributed by atoms with Crippen molar-refractivity contribution >= 4 is 45.0 Å². The van der Waals surface area contributed by atoms with Crippen LogP contribution in [0.2, 0.25) is 0 Å². The van der Waals surface area contributed by atoms with Gasteiger partial charge in [-0.2, -0.15) is 11.8 Å². The molecule has 0 bridgehead atoms. The Morgan fingerprint density at radius 1 is 1.56 bits per heavy atom. The molecule has 0 heterocycles. The fourth-order valence-electron chi connectivity index (χ4n) is 1.27. The van der Waals surface area contributed by atoms with Gasteiger partial charge in [0, 0.05) is 16.6 Å². The number of carbonyl (C=O) groups is 1. The van der Waals surface area contributed by atoms with Gasteiger partial charge in [0.25, 0.3) is 0 Å². The predicted molar refractivity (Wildman–Crippen MR) is 74.9 cm³/mol. The van der Waals surface area contributed by atoms with E-state index in [4.69, 9.17) is 5.73 Å². The van der Waals surface area contributed by atoms with Crippen molar-refractivity contribution in [1.82, 2.24) is 0 Å². The largest absolute Gasteiger partial charge is 0.397 e. The van der Waals surface area contributed by atoms with Gasteiger partial charge in [0.05, 0.1) is 11.4 Å². The molecule has 0 aliphatic rings. The van der Waals surface area contributed by atoms with Gasteiger partial charge in [-0.1, -0.05) is 15.9 Å². The molecule has 1 amide bonds. The van der Waals surface area contributed by atoms with E-state index in [2.05, 4.69) is 21.2 Å². The number of rotatable bonds is 4. The van der Waals surface area contributed by atoms with Crippen LogP contribution in [-0.2, 0) is 4.79 Å². The Kier molecular flexibility index (Phi) is 5.15. The summed E-state index contributed by atoms with van der Waals surface area (Å²) in [5, 5.41) is 2.82. The van der Waals surface area contributed by atoms with E-state index >= 15 is 0 Å². The van der Waals surface area contributed by atoms with Gasteiger partial charge in [-0.15, -0.1) is 0 Å². The van der Waals surface area contributed by atoms with Crippen molar-refractivity contribution in [3.63, 3.8) is 0 Å². The first-order chi connectivity index (χ1) is 7.54. The molecule has 88 valence electrons. The van der Waals surface area contributed by atoms with E-state index in [0.29, 0.717) is 17.8 Å². The van der Waals surface area contributed by atoms with Crippen LogP contribution in [0.4, 0.5) is 11.4 Å². The molecule has 0 fully saturated rings. The first kappa shape index (κ1) is 13.4. The van der Waals surface area contributed by atoms with E-state index in [1.54, 1.807) is 11.8 Å². The molecule has 1 aromatic rings. The maximum absolute atomic E-state index is 11.6. The molecule has 3 nitrogen and oxygen atoms in total. The van der Waals surface area contributed by atoms with Gasteiger partial charge in [0.1, 0.15) is 0 Å². The molecule has 1 aromatic carbocycles. The number of thioether (sulfide) groups is 1. The van der Waals surface area contributed by atoms with Crippen LogP contribution in [0.1, 0.15) is 12.0 Å². The van der Waals surface area contributed by atoms with Crippen LogP contribution >= 0.6 is 27.7 Å². The highest BCUT2D eigenvalue weighted by molar-refractivity contribution is 9.10. The average molecular weight is 303 g/mol. The number of anilines is 2. The lowest BCUT2D eigenvalue weighted by atomic mass is 10.1. The quantitative estimate of drug-likeness (QED) is 0.841. The fourth-order valence-corrected chi connectivity index (χ4v) is 2.23. The van der Waals surface area contributed by atoms with Crippen LogP contribution in [0.3, 0.4) is 0 Å². The molecule has 0 aromatic heterocycles. The monoisotopic (exact) mass is 302 g/mol. The summed E-state index contributed by atoms with van der Waals surface area (Å²) >= 11 is 5.03. The smallest absolute Gasteiger partial charge is 0.225 e. The van der Waals surface area contributed by atoms with E-state index in [0.717, 1.165) is 15.8 Å². The Morgan fingerprint density at radius 2 is 2.25 bits per heavy atom. The molecule has 16 heavy (non-hydrogen) atoms. The molecule has 0 aliphatic carbocycles. The lowest BCUT2D eigenvalue weighted by Gasteiger charge is -2.10. The second-order valence-corrected chi connectivity index (χ2v) is 5.38. The number of hydrogen-bond acceptors (Lipinski definition) is 3. The minimum absolute atomic E-state index is 0.00134. The molecule has 5 heteroatoms. The highest BCUT2D eigenvalue weighted by Gasteiger charge is 2.07. The number of nitrogens with one attached hydrogen (secondary N) is 1. The number of halogens is 1. The third kappa shape index (κ3) is 3.72. The van der Waals surface area contributed by atoms with Gasteiger partial charge < -0.3 is 11.1 Å². The second-order valence-electron chi connectivity index (χ2n) is 3.47. The van der Waals surface area contributed by atoms with Crippen molar-refractivity contribution in [3.8, 4) is 0 Å². The molecular weight excluding hydrogens is 288 g/mol. The van der Waals surface area contributed by atoms with Gasteiger partial charge in [0.2, 0.25) is 5.91 Å². The zero-order valence-corrected chi connectivity index (χ0v) is 11.7. The standard InChI is InChI=1S/C11H15BrN2OS/c1-7-5-8(12)6-9(11(7)13)14-10(15)3-4-16-2/h5-6H,3-4,13H2,1-2H3,(H,14,15). The van der Waals surface area contributed by atoms with Crippen LogP contribution in [0.25, 0.3) is 0 Å². The Morgan fingerprint density at radius 3 is 2.88 bits per heavy atom. The molecule has 0 saturated carbocycles. The van der Waals surface area contributed by atoms with Crippen LogP contribution in [0.15, 0.2) is 16.6 Å². The Bertz CT molecular complexity index is 396. The summed E-state index contributed by atoms with van der Waals surface area (Å²) in [6.07, 6.45) is 2.48. The molecule has 1 rings (SSSR count). The second kappa shape index (κ2) is 6.15. The summed E-state index contributed by atoms with van der Waals surface area (Å²) < 4.78 is 0.916. The molecule has 0 saturated heterocycles. The van der Waals surface area contributed by atoms with Gasteiger partial charge in [0.15, 0.2) is 0 Å². The van der Waals surface area contributed by atoms with Gasteiger partial charge in [-0.3, -0.25) is 4.79 Å². The molecule has 0 spiro atoms. The minimum atomic E-state index is -0.00134. The third-order valence-electron chi connectivity index (χ3n) is 2.16. The van der Waals surface area contributed by atoms with E-state index in [1.807, 2.05) is 25.3 Å². The maximum atomic E-state index is 11.6. The lowest BCUT2D eigenvalue weighted by molar-refractivity contribution is -0.115. The topological polar surface area (TPSA) is 55.1 Å². The first-order valence-corrected chi connectivity index (χ1v) is 7.07. The number of hydrogen-bond donors (Lipinski definition) is 2. The van der Waals surface area contributed by atoms with Gasteiger partial charge in [-0.05, 0) is 30.9 Å². The normalized spacial score (nSPS) is 10.2. The number of amides is 1. The van der Waals surface area contributed by atoms with E-state index in [-0.39, 0.29) is 5.91 Å². The molecule has 0 aliphatic heterocycles. The van der Waals surface area contributed by atoms with Crippen molar-refractivity contribution in [2.75, 3.05) is 23.1 Å². The summed E-state index contributed by atoms with van der Waals surface area (Å²) in [6.45, 7) is 1.91. The molecule has 0 atom stereocenters. The maximum Gasteiger partial charge on any atom is 0.225 e. The van der Waals surface area contributed by atoms with E-state index in [1.165, 1.54) is 0 Å². The molecule has 0 unspecified atom stereocenters. The number of nitrogen functional groups attached to an aromatic ring is 1. The zero-order chi connectivity index (χ0) is 12.1. The van der Waals surface area contributed by atoms with E-state index in [9.17, 15) is 4.79 Å². The summed E-state index contributed by atoms with van der Waals surface area (Å²) in [6, 6.07) is 3.74. The van der Waals surface area contributed by atoms with Crippen LogP contribution in [0, 0.1) is 6.92 Å². The van der Waals surface area contributed by atoms with Crippen molar-refractivity contribution in [1.29, 1.82) is 0 Å². The summed E-state index contributed by atoms with van der Waals surface area (Å²) in [5.41, 5.74) is 8.15. The Balaban J connectivity index is 2.77. The zero-order valence-electron chi connectivity index (χ0n) is 9.34. The number of carbonyl (C=O) groups excluding carboxylic acids is 1. The number of aryl methyl sites for hydroxylation is 1. The molecule has 0 radical (unpaired) electrons. The highest BCUT2D eigenvalue weighted by Crippen LogP contribution is 2.27. The third-order valence-corrected chi connectivity index (χ3v) is 3.23.